The van der Waals surface area contributed by atoms with E-state index in [1.54, 1.807) is 47.4 Å². The van der Waals surface area contributed by atoms with Gasteiger partial charge in [-0.1, -0.05) is 18.2 Å². The van der Waals surface area contributed by atoms with Crippen molar-refractivity contribution < 1.29 is 28.6 Å². The first-order chi connectivity index (χ1) is 13.5. The number of carbonyl (C=O) groups is 3. The molecule has 2 aliphatic heterocycles. The molecule has 4 rings (SSSR count). The van der Waals surface area contributed by atoms with E-state index < -0.39 is 23.6 Å². The molecular formula is C20H19N2O6-. The van der Waals surface area contributed by atoms with Gasteiger partial charge in [0.05, 0.1) is 24.9 Å². The molecule has 2 amide bonds. The van der Waals surface area contributed by atoms with Crippen LogP contribution in [0.1, 0.15) is 33.8 Å². The minimum atomic E-state index is -1.35. The highest BCUT2D eigenvalue weighted by molar-refractivity contribution is 5.97. The topological polar surface area (TPSA) is 103 Å². The molecule has 2 aliphatic rings. The van der Waals surface area contributed by atoms with Crippen molar-refractivity contribution in [1.29, 1.82) is 0 Å². The van der Waals surface area contributed by atoms with Crippen LogP contribution in [-0.2, 0) is 9.53 Å². The van der Waals surface area contributed by atoms with E-state index >= 15 is 0 Å². The van der Waals surface area contributed by atoms with Gasteiger partial charge in [-0.25, -0.2) is 0 Å². The lowest BCUT2D eigenvalue weighted by molar-refractivity contribution is -0.310. The lowest BCUT2D eigenvalue weighted by Crippen LogP contribution is -2.60. The van der Waals surface area contributed by atoms with Crippen LogP contribution in [0.2, 0.25) is 0 Å². The number of hydrogen-bond donors (Lipinski definition) is 0. The Kier molecular flexibility index (Phi) is 4.64. The molecule has 0 radical (unpaired) electrons. The van der Waals surface area contributed by atoms with Gasteiger partial charge >= 0.3 is 0 Å². The van der Waals surface area contributed by atoms with Crippen LogP contribution >= 0.6 is 0 Å². The lowest BCUT2D eigenvalue weighted by atomic mass is 9.96. The van der Waals surface area contributed by atoms with Crippen molar-refractivity contribution in [3.63, 3.8) is 0 Å². The summed E-state index contributed by atoms with van der Waals surface area (Å²) < 4.78 is 11.0. The van der Waals surface area contributed by atoms with Gasteiger partial charge in [0.1, 0.15) is 5.72 Å². The standard InChI is InChI=1S/C20H20N2O6/c23-17(14-5-2-1-3-6-14)22-15(19(25)26)13-28-20(22)8-10-21(11-9-20)18(24)16-7-4-12-27-16/h1-7,12,15H,8-11,13H2,(H,25,26)/p-1/t15-/m1/s1. The van der Waals surface area contributed by atoms with Crippen LogP contribution in [0, 0.1) is 0 Å². The van der Waals surface area contributed by atoms with E-state index in [4.69, 9.17) is 9.15 Å². The van der Waals surface area contributed by atoms with E-state index in [0.717, 1.165) is 0 Å². The van der Waals surface area contributed by atoms with Gasteiger partial charge in [0, 0.05) is 31.5 Å². The Morgan fingerprint density at radius 2 is 1.71 bits per heavy atom. The van der Waals surface area contributed by atoms with Crippen molar-refractivity contribution >= 4 is 17.8 Å². The van der Waals surface area contributed by atoms with Gasteiger partial charge in [-0.15, -0.1) is 0 Å². The summed E-state index contributed by atoms with van der Waals surface area (Å²) in [6.45, 7) is 0.503. The van der Waals surface area contributed by atoms with Gasteiger partial charge in [-0.05, 0) is 24.3 Å². The molecule has 1 aromatic heterocycles. The summed E-state index contributed by atoms with van der Waals surface area (Å²) in [6.07, 6.45) is 2.05. The van der Waals surface area contributed by atoms with E-state index in [0.29, 0.717) is 31.5 Å². The Hall–Kier alpha value is -3.13. The zero-order valence-corrected chi connectivity index (χ0v) is 15.1. The van der Waals surface area contributed by atoms with Crippen molar-refractivity contribution in [2.75, 3.05) is 19.7 Å². The summed E-state index contributed by atoms with van der Waals surface area (Å²) in [5, 5.41) is 11.6. The number of likely N-dealkylation sites (tertiary alicyclic amines) is 1. The van der Waals surface area contributed by atoms with Crippen molar-refractivity contribution in [3.8, 4) is 0 Å². The highest BCUT2D eigenvalue weighted by Gasteiger charge is 2.52. The number of piperidine rings is 1. The summed E-state index contributed by atoms with van der Waals surface area (Å²) in [5.74, 6) is -1.77. The van der Waals surface area contributed by atoms with E-state index in [9.17, 15) is 19.5 Å². The number of carboxylic acid groups (broad SMARTS) is 1. The molecule has 146 valence electrons. The number of rotatable bonds is 3. The molecule has 0 aliphatic carbocycles. The van der Waals surface area contributed by atoms with Gasteiger partial charge in [0.2, 0.25) is 0 Å². The van der Waals surface area contributed by atoms with Crippen molar-refractivity contribution in [2.45, 2.75) is 24.6 Å². The fourth-order valence-electron chi connectivity index (χ4n) is 3.88. The minimum absolute atomic E-state index is 0.132. The second kappa shape index (κ2) is 7.12. The van der Waals surface area contributed by atoms with Crippen LogP contribution in [0.25, 0.3) is 0 Å². The number of aliphatic carboxylic acids is 1. The van der Waals surface area contributed by atoms with E-state index in [1.807, 2.05) is 0 Å². The third-order valence-corrected chi connectivity index (χ3v) is 5.34. The molecule has 0 saturated carbocycles. The second-order valence-electron chi connectivity index (χ2n) is 6.90. The quantitative estimate of drug-likeness (QED) is 0.765. The molecular weight excluding hydrogens is 364 g/mol. The van der Waals surface area contributed by atoms with Gasteiger partial charge < -0.3 is 24.0 Å². The summed E-state index contributed by atoms with van der Waals surface area (Å²) in [7, 11) is 0. The number of amides is 2. The number of ether oxygens (including phenoxy) is 1. The zero-order chi connectivity index (χ0) is 19.7. The molecule has 0 N–H and O–H groups in total. The summed E-state index contributed by atoms with van der Waals surface area (Å²) in [5.41, 5.74) is -0.690. The Morgan fingerprint density at radius 3 is 2.32 bits per heavy atom. The largest absolute Gasteiger partial charge is 0.548 e. The molecule has 28 heavy (non-hydrogen) atoms. The van der Waals surface area contributed by atoms with Gasteiger partial charge in [-0.3, -0.25) is 14.5 Å². The SMILES string of the molecule is O=C([O-])[C@H]1COC2(CCN(C(=O)c3ccco3)CC2)N1C(=O)c1ccccc1. The van der Waals surface area contributed by atoms with Crippen LogP contribution in [-0.4, -0.2) is 59.0 Å². The first kappa shape index (κ1) is 18.2. The molecule has 2 fully saturated rings. The normalized spacial score (nSPS) is 21.1. The predicted octanol–water partition coefficient (Wildman–Crippen LogP) is 0.503. The third-order valence-electron chi connectivity index (χ3n) is 5.34. The fourth-order valence-corrected chi connectivity index (χ4v) is 3.88. The Bertz CT molecular complexity index is 871. The molecule has 2 aromatic rings. The molecule has 0 unspecified atom stereocenters. The van der Waals surface area contributed by atoms with Gasteiger partial charge in [0.15, 0.2) is 5.76 Å². The van der Waals surface area contributed by atoms with Crippen molar-refractivity contribution in [3.05, 3.63) is 60.1 Å². The van der Waals surface area contributed by atoms with Crippen LogP contribution in [0.3, 0.4) is 0 Å². The molecule has 2 saturated heterocycles. The van der Waals surface area contributed by atoms with Crippen LogP contribution in [0.15, 0.2) is 53.1 Å². The number of benzene rings is 1. The Morgan fingerprint density at radius 1 is 1.00 bits per heavy atom. The fraction of sp³-hybridized carbons (Fsp3) is 0.350. The summed E-state index contributed by atoms with van der Waals surface area (Å²) >= 11 is 0. The molecule has 1 spiro atoms. The number of carboxylic acids is 1. The molecule has 3 heterocycles. The maximum atomic E-state index is 13.1. The van der Waals surface area contributed by atoms with Crippen LogP contribution in [0.5, 0.6) is 0 Å². The van der Waals surface area contributed by atoms with Crippen molar-refractivity contribution in [1.82, 2.24) is 9.80 Å². The van der Waals surface area contributed by atoms with E-state index in [-0.39, 0.29) is 18.3 Å². The van der Waals surface area contributed by atoms with Crippen LogP contribution < -0.4 is 5.11 Å². The average molecular weight is 383 g/mol. The molecule has 1 atom stereocenters. The summed E-state index contributed by atoms with van der Waals surface area (Å²) in [6, 6.07) is 10.6. The highest BCUT2D eigenvalue weighted by atomic mass is 16.5. The third kappa shape index (κ3) is 3.05. The van der Waals surface area contributed by atoms with E-state index in [1.165, 1.54) is 11.2 Å². The van der Waals surface area contributed by atoms with Gasteiger partial charge in [0.25, 0.3) is 11.8 Å². The Labute approximate surface area is 161 Å². The highest BCUT2D eigenvalue weighted by Crippen LogP contribution is 2.38. The number of carbonyl (C=O) groups excluding carboxylic acids is 3. The number of furan rings is 1. The molecule has 8 heteroatoms. The molecule has 1 aromatic carbocycles. The zero-order valence-electron chi connectivity index (χ0n) is 15.1. The second-order valence-corrected chi connectivity index (χ2v) is 6.90. The maximum absolute atomic E-state index is 13.1. The molecule has 0 bridgehead atoms. The maximum Gasteiger partial charge on any atom is 0.289 e. The smallest absolute Gasteiger partial charge is 0.289 e. The molecule has 8 nitrogen and oxygen atoms in total. The first-order valence-corrected chi connectivity index (χ1v) is 9.08. The first-order valence-electron chi connectivity index (χ1n) is 9.08. The average Bonchev–Trinajstić information content (AvgIpc) is 3.37. The predicted molar refractivity (Wildman–Crippen MR) is 93.9 cm³/mol. The van der Waals surface area contributed by atoms with Crippen LogP contribution in [0.4, 0.5) is 0 Å². The monoisotopic (exact) mass is 383 g/mol. The van der Waals surface area contributed by atoms with Crippen molar-refractivity contribution in [2.24, 2.45) is 0 Å². The lowest BCUT2D eigenvalue weighted by Gasteiger charge is -2.44. The minimum Gasteiger partial charge on any atom is -0.548 e. The number of nitrogens with zero attached hydrogens (tertiary/aromatic N) is 2. The summed E-state index contributed by atoms with van der Waals surface area (Å²) in [4.78, 5) is 40.1. The Balaban J connectivity index is 1.57. The van der Waals surface area contributed by atoms with Gasteiger partial charge in [-0.2, -0.15) is 0 Å². The van der Waals surface area contributed by atoms with E-state index in [2.05, 4.69) is 0 Å². The number of hydrogen-bond acceptors (Lipinski definition) is 6.